The van der Waals surface area contributed by atoms with Gasteiger partial charge in [0, 0.05) is 19.3 Å². The summed E-state index contributed by atoms with van der Waals surface area (Å²) in [6.45, 7) is 3.70. The molecule has 0 aromatic heterocycles. The van der Waals surface area contributed by atoms with Crippen LogP contribution in [0.5, 0.6) is 0 Å². The predicted molar refractivity (Wildman–Crippen MR) is 65.9 cm³/mol. The monoisotopic (exact) mass is 275 g/mol. The van der Waals surface area contributed by atoms with Crippen molar-refractivity contribution in [2.24, 2.45) is 0 Å². The third-order valence-electron chi connectivity index (χ3n) is 2.79. The molecule has 1 amide bonds. The lowest BCUT2D eigenvalue weighted by Gasteiger charge is -2.24. The van der Waals surface area contributed by atoms with E-state index in [-0.39, 0.29) is 5.91 Å². The quantitative estimate of drug-likeness (QED) is 0.845. The van der Waals surface area contributed by atoms with Crippen molar-refractivity contribution < 1.29 is 22.7 Å². The van der Waals surface area contributed by atoms with Crippen molar-refractivity contribution in [2.75, 3.05) is 18.6 Å². The largest absolute Gasteiger partial charge is 0.416 e. The van der Waals surface area contributed by atoms with Crippen LogP contribution in [-0.4, -0.2) is 25.7 Å². The van der Waals surface area contributed by atoms with Gasteiger partial charge in [-0.1, -0.05) is 0 Å². The van der Waals surface area contributed by atoms with Crippen molar-refractivity contribution >= 4 is 11.6 Å². The maximum Gasteiger partial charge on any atom is 0.416 e. The molecule has 0 heterocycles. The Morgan fingerprint density at radius 2 is 1.84 bits per heavy atom. The van der Waals surface area contributed by atoms with E-state index in [0.29, 0.717) is 12.2 Å². The average Bonchev–Trinajstić information content (AvgIpc) is 2.38. The summed E-state index contributed by atoms with van der Waals surface area (Å²) in [5, 5.41) is 0. The first-order chi connectivity index (χ1) is 8.81. The Bertz CT molecular complexity index is 429. The molecule has 0 fully saturated rings. The highest BCUT2D eigenvalue weighted by Gasteiger charge is 2.30. The van der Waals surface area contributed by atoms with Crippen molar-refractivity contribution in [3.05, 3.63) is 29.8 Å². The molecule has 1 aromatic carbocycles. The van der Waals surface area contributed by atoms with Crippen molar-refractivity contribution in [1.82, 2.24) is 0 Å². The average molecular weight is 275 g/mol. The Morgan fingerprint density at radius 1 is 1.32 bits per heavy atom. The van der Waals surface area contributed by atoms with E-state index in [4.69, 9.17) is 4.74 Å². The van der Waals surface area contributed by atoms with Gasteiger partial charge in [0.05, 0.1) is 5.56 Å². The molecule has 1 aromatic rings. The Labute approximate surface area is 110 Å². The first-order valence-electron chi connectivity index (χ1n) is 5.82. The summed E-state index contributed by atoms with van der Waals surface area (Å²) in [4.78, 5) is 13.3. The number of alkyl halides is 3. The fourth-order valence-electron chi connectivity index (χ4n) is 1.62. The Kier molecular flexibility index (Phi) is 4.94. The number of methoxy groups -OCH3 is 1. The Hall–Kier alpha value is -1.56. The van der Waals surface area contributed by atoms with Gasteiger partial charge in [0.1, 0.15) is 6.10 Å². The maximum absolute atomic E-state index is 12.4. The third kappa shape index (κ3) is 3.70. The molecule has 6 heteroatoms. The molecule has 19 heavy (non-hydrogen) atoms. The number of hydrogen-bond acceptors (Lipinski definition) is 2. The molecule has 0 bridgehead atoms. The number of carbonyl (C=O) groups excluding carboxylic acids is 1. The van der Waals surface area contributed by atoms with Crippen LogP contribution in [0.2, 0.25) is 0 Å². The molecule has 0 aliphatic rings. The summed E-state index contributed by atoms with van der Waals surface area (Å²) in [7, 11) is 1.41. The van der Waals surface area contributed by atoms with Crippen LogP contribution in [0.4, 0.5) is 18.9 Å². The van der Waals surface area contributed by atoms with E-state index in [2.05, 4.69) is 0 Å². The normalized spacial score (nSPS) is 13.2. The topological polar surface area (TPSA) is 29.5 Å². The van der Waals surface area contributed by atoms with Crippen LogP contribution in [0.3, 0.4) is 0 Å². The number of halogens is 3. The van der Waals surface area contributed by atoms with E-state index in [0.717, 1.165) is 12.1 Å². The highest BCUT2D eigenvalue weighted by atomic mass is 19.4. The molecule has 0 radical (unpaired) electrons. The number of likely N-dealkylation sites (N-methyl/N-ethyl adjacent to an activating group) is 1. The van der Waals surface area contributed by atoms with Gasteiger partial charge in [-0.25, -0.2) is 0 Å². The number of nitrogens with zero attached hydrogens (tertiary/aromatic N) is 1. The molecular formula is C13H16F3NO2. The van der Waals surface area contributed by atoms with Gasteiger partial charge in [0.25, 0.3) is 5.91 Å². The van der Waals surface area contributed by atoms with Gasteiger partial charge in [0.2, 0.25) is 0 Å². The van der Waals surface area contributed by atoms with Crippen molar-refractivity contribution in [1.29, 1.82) is 0 Å². The second-order valence-electron chi connectivity index (χ2n) is 4.01. The number of carbonyl (C=O) groups is 1. The van der Waals surface area contributed by atoms with Gasteiger partial charge in [0.15, 0.2) is 0 Å². The number of hydrogen-bond donors (Lipinski definition) is 0. The van der Waals surface area contributed by atoms with Gasteiger partial charge < -0.3 is 9.64 Å². The van der Waals surface area contributed by atoms with Gasteiger partial charge in [-0.15, -0.1) is 0 Å². The van der Waals surface area contributed by atoms with E-state index >= 15 is 0 Å². The number of anilines is 1. The highest BCUT2D eigenvalue weighted by molar-refractivity contribution is 5.96. The third-order valence-corrected chi connectivity index (χ3v) is 2.79. The van der Waals surface area contributed by atoms with Crippen LogP contribution in [-0.2, 0) is 15.7 Å². The standard InChI is InChI=1S/C13H16F3NO2/c1-4-17(12(18)9(2)19-3)11-7-5-10(6-8-11)13(14,15)16/h5-9H,4H2,1-3H3/t9-/m1/s1. The molecule has 0 unspecified atom stereocenters. The first kappa shape index (κ1) is 15.5. The minimum absolute atomic E-state index is 0.287. The summed E-state index contributed by atoms with van der Waals surface area (Å²) in [6.07, 6.45) is -5.01. The zero-order chi connectivity index (χ0) is 14.6. The fourth-order valence-corrected chi connectivity index (χ4v) is 1.62. The lowest BCUT2D eigenvalue weighted by atomic mass is 10.2. The maximum atomic E-state index is 12.4. The highest BCUT2D eigenvalue weighted by Crippen LogP contribution is 2.30. The van der Waals surface area contributed by atoms with E-state index in [9.17, 15) is 18.0 Å². The summed E-state index contributed by atoms with van der Waals surface area (Å²) in [5.41, 5.74) is -0.316. The molecule has 0 aliphatic carbocycles. The summed E-state index contributed by atoms with van der Waals surface area (Å²) in [6, 6.07) is 4.49. The van der Waals surface area contributed by atoms with Gasteiger partial charge in [-0.3, -0.25) is 4.79 Å². The van der Waals surface area contributed by atoms with E-state index in [1.165, 1.54) is 24.1 Å². The lowest BCUT2D eigenvalue weighted by molar-refractivity contribution is -0.137. The van der Waals surface area contributed by atoms with Crippen LogP contribution < -0.4 is 4.90 Å². The molecule has 3 nitrogen and oxygen atoms in total. The summed E-state index contributed by atoms with van der Waals surface area (Å²) < 4.78 is 42.3. The van der Waals surface area contributed by atoms with E-state index < -0.39 is 17.8 Å². The van der Waals surface area contributed by atoms with E-state index in [1.54, 1.807) is 13.8 Å². The van der Waals surface area contributed by atoms with Crippen LogP contribution in [0.1, 0.15) is 19.4 Å². The van der Waals surface area contributed by atoms with Crippen molar-refractivity contribution in [3.63, 3.8) is 0 Å². The van der Waals surface area contributed by atoms with Crippen molar-refractivity contribution in [3.8, 4) is 0 Å². The van der Waals surface area contributed by atoms with Crippen LogP contribution in [0.25, 0.3) is 0 Å². The van der Waals surface area contributed by atoms with Gasteiger partial charge >= 0.3 is 6.18 Å². The number of ether oxygens (including phenoxy) is 1. The molecule has 0 N–H and O–H groups in total. The molecule has 1 rings (SSSR count). The molecule has 0 aliphatic heterocycles. The molecular weight excluding hydrogens is 259 g/mol. The second-order valence-corrected chi connectivity index (χ2v) is 4.01. The smallest absolute Gasteiger partial charge is 0.372 e. The zero-order valence-corrected chi connectivity index (χ0v) is 11.0. The Morgan fingerprint density at radius 3 is 2.21 bits per heavy atom. The minimum Gasteiger partial charge on any atom is -0.372 e. The number of rotatable bonds is 4. The molecule has 1 atom stereocenters. The zero-order valence-electron chi connectivity index (χ0n) is 11.0. The second kappa shape index (κ2) is 6.06. The SMILES string of the molecule is CCN(C(=O)[C@@H](C)OC)c1ccc(C(F)(F)F)cc1. The Balaban J connectivity index is 2.98. The summed E-state index contributed by atoms with van der Waals surface area (Å²) in [5.74, 6) is -0.287. The summed E-state index contributed by atoms with van der Waals surface area (Å²) >= 11 is 0. The fraction of sp³-hybridized carbons (Fsp3) is 0.462. The van der Waals surface area contributed by atoms with Crippen LogP contribution in [0.15, 0.2) is 24.3 Å². The van der Waals surface area contributed by atoms with E-state index in [1.807, 2.05) is 0 Å². The van der Waals surface area contributed by atoms with Crippen LogP contribution in [0, 0.1) is 0 Å². The lowest BCUT2D eigenvalue weighted by Crippen LogP contribution is -2.38. The number of benzene rings is 1. The molecule has 0 saturated heterocycles. The van der Waals surface area contributed by atoms with Gasteiger partial charge in [-0.05, 0) is 38.1 Å². The minimum atomic E-state index is -4.38. The van der Waals surface area contributed by atoms with Crippen LogP contribution >= 0.6 is 0 Å². The van der Waals surface area contributed by atoms with Gasteiger partial charge in [-0.2, -0.15) is 13.2 Å². The molecule has 0 saturated carbocycles. The first-order valence-corrected chi connectivity index (χ1v) is 5.82. The molecule has 106 valence electrons. The number of amides is 1. The van der Waals surface area contributed by atoms with Crippen molar-refractivity contribution in [2.45, 2.75) is 26.1 Å². The molecule has 0 spiro atoms. The predicted octanol–water partition coefficient (Wildman–Crippen LogP) is 3.09.